The van der Waals surface area contributed by atoms with Gasteiger partial charge in [0.15, 0.2) is 38.8 Å². The maximum Gasteiger partial charge on any atom is 0.212 e. The summed E-state index contributed by atoms with van der Waals surface area (Å²) in [5.74, 6) is -4.21. The molecule has 0 amide bonds. The minimum atomic E-state index is -1.09. The van der Waals surface area contributed by atoms with Gasteiger partial charge in [-0.1, -0.05) is 12.1 Å². The second-order valence-electron chi connectivity index (χ2n) is 8.19. The summed E-state index contributed by atoms with van der Waals surface area (Å²) in [5.41, 5.74) is 4.33. The van der Waals surface area contributed by atoms with Crippen LogP contribution < -0.4 is 4.74 Å². The molecule has 174 valence electrons. The third kappa shape index (κ3) is 4.82. The van der Waals surface area contributed by atoms with Crippen molar-refractivity contribution in [2.24, 2.45) is 0 Å². The average Bonchev–Trinajstić information content (AvgIpc) is 2.79. The van der Waals surface area contributed by atoms with E-state index in [-0.39, 0.29) is 11.5 Å². The van der Waals surface area contributed by atoms with E-state index in [9.17, 15) is 17.6 Å². The normalized spacial score (nSPS) is 11.2. The van der Waals surface area contributed by atoms with Gasteiger partial charge in [0.1, 0.15) is 16.6 Å². The van der Waals surface area contributed by atoms with E-state index >= 15 is 0 Å². The molecule has 0 unspecified atom stereocenters. The van der Waals surface area contributed by atoms with E-state index in [4.69, 9.17) is 4.74 Å². The maximum absolute atomic E-state index is 14.6. The van der Waals surface area contributed by atoms with Crippen LogP contribution in [0.2, 0.25) is 0 Å². The molecule has 0 aliphatic carbocycles. The lowest BCUT2D eigenvalue weighted by Gasteiger charge is -2.15. The number of hydrogen-bond donors (Lipinski definition) is 0. The van der Waals surface area contributed by atoms with Crippen molar-refractivity contribution in [3.05, 3.63) is 112 Å². The minimum absolute atomic E-state index is 0.0186. The van der Waals surface area contributed by atoms with E-state index in [2.05, 4.69) is 0 Å². The molecule has 0 saturated heterocycles. The Bertz CT molecular complexity index is 1330. The van der Waals surface area contributed by atoms with Crippen LogP contribution in [-0.4, -0.2) is 0 Å². The zero-order valence-corrected chi connectivity index (χ0v) is 20.0. The first-order valence-corrected chi connectivity index (χ1v) is 11.9. The summed E-state index contributed by atoms with van der Waals surface area (Å²) < 4.78 is 61.9. The molecule has 6 heteroatoms. The molecule has 0 aromatic heterocycles. The van der Waals surface area contributed by atoms with Crippen LogP contribution in [0.4, 0.5) is 17.6 Å². The Hall–Kier alpha value is -3.25. The van der Waals surface area contributed by atoms with Crippen LogP contribution >= 0.6 is 0 Å². The summed E-state index contributed by atoms with van der Waals surface area (Å²) >= 11 is 0. The first-order valence-electron chi connectivity index (χ1n) is 10.6. The molecular formula is C28H23F4OS+. The summed E-state index contributed by atoms with van der Waals surface area (Å²) in [5, 5.41) is 0. The average molecular weight is 484 g/mol. The number of ether oxygens (including phenoxy) is 1. The molecule has 0 N–H and O–H groups in total. The van der Waals surface area contributed by atoms with Gasteiger partial charge in [-0.25, -0.2) is 17.6 Å². The summed E-state index contributed by atoms with van der Waals surface area (Å²) in [7, 11) is -0.865. The van der Waals surface area contributed by atoms with Crippen molar-refractivity contribution in [1.82, 2.24) is 0 Å². The predicted octanol–water partition coefficient (Wildman–Crippen LogP) is 8.36. The number of hydrogen-bond acceptors (Lipinski definition) is 1. The van der Waals surface area contributed by atoms with Crippen molar-refractivity contribution < 1.29 is 22.3 Å². The van der Waals surface area contributed by atoms with E-state index in [1.807, 2.05) is 64.1 Å². The summed E-state index contributed by atoms with van der Waals surface area (Å²) in [6, 6.07) is 17.1. The molecule has 0 spiro atoms. The molecular weight excluding hydrogens is 460 g/mol. The number of halogens is 4. The highest BCUT2D eigenvalue weighted by molar-refractivity contribution is 7.97. The van der Waals surface area contributed by atoms with Gasteiger partial charge >= 0.3 is 0 Å². The lowest BCUT2D eigenvalue weighted by Crippen LogP contribution is -2.09. The van der Waals surface area contributed by atoms with Gasteiger partial charge < -0.3 is 4.74 Å². The Kier molecular flexibility index (Phi) is 6.71. The monoisotopic (exact) mass is 483 g/mol. The third-order valence-corrected chi connectivity index (χ3v) is 7.96. The largest absolute Gasteiger partial charge is 0.452 e. The van der Waals surface area contributed by atoms with Crippen molar-refractivity contribution in [2.45, 2.75) is 42.4 Å². The third-order valence-electron chi connectivity index (χ3n) is 5.75. The zero-order valence-electron chi connectivity index (χ0n) is 19.2. The highest BCUT2D eigenvalue weighted by Gasteiger charge is 2.35. The van der Waals surface area contributed by atoms with Crippen LogP contribution in [0.1, 0.15) is 22.3 Å². The van der Waals surface area contributed by atoms with E-state index in [0.717, 1.165) is 56.3 Å². The van der Waals surface area contributed by atoms with E-state index in [0.29, 0.717) is 4.90 Å². The molecule has 34 heavy (non-hydrogen) atoms. The van der Waals surface area contributed by atoms with Crippen molar-refractivity contribution >= 4 is 10.9 Å². The topological polar surface area (TPSA) is 9.23 Å². The Labute approximate surface area is 199 Å². The van der Waals surface area contributed by atoms with E-state index < -0.39 is 34.2 Å². The van der Waals surface area contributed by atoms with Crippen molar-refractivity contribution in [2.75, 3.05) is 0 Å². The molecule has 4 aromatic rings. The first-order chi connectivity index (χ1) is 16.1. The zero-order chi connectivity index (χ0) is 24.6. The van der Waals surface area contributed by atoms with Crippen molar-refractivity contribution in [1.29, 1.82) is 0 Å². The van der Waals surface area contributed by atoms with Gasteiger partial charge in [0.25, 0.3) is 0 Å². The fraction of sp³-hybridized carbons (Fsp3) is 0.143. The number of aryl methyl sites for hydroxylation is 4. The fourth-order valence-corrected chi connectivity index (χ4v) is 5.79. The van der Waals surface area contributed by atoms with Crippen LogP contribution in [-0.2, 0) is 10.9 Å². The highest BCUT2D eigenvalue weighted by atomic mass is 32.2. The van der Waals surface area contributed by atoms with Gasteiger partial charge in [-0.05, 0) is 86.3 Å². The molecule has 0 aliphatic heterocycles. The smallest absolute Gasteiger partial charge is 0.212 e. The number of rotatable bonds is 5. The Morgan fingerprint density at radius 1 is 0.529 bits per heavy atom. The second kappa shape index (κ2) is 9.55. The lowest BCUT2D eigenvalue weighted by atomic mass is 10.1. The van der Waals surface area contributed by atoms with Gasteiger partial charge in [-0.15, -0.1) is 0 Å². The minimum Gasteiger partial charge on any atom is -0.452 e. The molecule has 0 fully saturated rings. The van der Waals surface area contributed by atoms with Crippen LogP contribution in [0.25, 0.3) is 0 Å². The Morgan fingerprint density at radius 3 is 1.59 bits per heavy atom. The summed E-state index contributed by atoms with van der Waals surface area (Å²) in [6.07, 6.45) is 0. The Balaban J connectivity index is 1.94. The summed E-state index contributed by atoms with van der Waals surface area (Å²) in [6.45, 7) is 7.99. The number of benzene rings is 4. The molecule has 0 saturated carbocycles. The van der Waals surface area contributed by atoms with Crippen LogP contribution in [0, 0.1) is 51.0 Å². The summed E-state index contributed by atoms with van der Waals surface area (Å²) in [4.78, 5) is 2.19. The van der Waals surface area contributed by atoms with E-state index in [1.165, 1.54) is 6.07 Å². The molecule has 0 bridgehead atoms. The van der Waals surface area contributed by atoms with E-state index in [1.54, 1.807) is 0 Å². The maximum atomic E-state index is 14.6. The highest BCUT2D eigenvalue weighted by Crippen LogP contribution is 2.40. The lowest BCUT2D eigenvalue weighted by molar-refractivity contribution is 0.439. The van der Waals surface area contributed by atoms with Crippen molar-refractivity contribution in [3.8, 4) is 11.5 Å². The van der Waals surface area contributed by atoms with Gasteiger partial charge in [0, 0.05) is 18.2 Å². The first kappa shape index (κ1) is 23.9. The van der Waals surface area contributed by atoms with Gasteiger partial charge in [-0.2, -0.15) is 0 Å². The molecule has 0 radical (unpaired) electrons. The molecule has 0 atom stereocenters. The fourth-order valence-electron chi connectivity index (χ4n) is 3.49. The van der Waals surface area contributed by atoms with Gasteiger partial charge in [0.2, 0.25) is 4.90 Å². The van der Waals surface area contributed by atoms with Crippen LogP contribution in [0.5, 0.6) is 11.5 Å². The quantitative estimate of drug-likeness (QED) is 0.205. The Morgan fingerprint density at radius 2 is 1.06 bits per heavy atom. The SMILES string of the molecule is Cc1ccc([S+](c2ccc(C)c(C)c2)c2cc(F)c(F)cc2Oc2ccc(F)c(F)c2)cc1C. The molecule has 0 aliphatic rings. The standard InChI is InChI=1S/C28H23F4OS/c1-16-5-8-21(11-18(16)3)34(22-9-6-17(2)19(4)12-22)28-15-26(32)25(31)14-27(28)33-20-7-10-23(29)24(30)13-20/h5-15H,1-4H3/q+1. The molecule has 4 aromatic carbocycles. The van der Waals surface area contributed by atoms with Gasteiger partial charge in [-0.3, -0.25) is 0 Å². The predicted molar refractivity (Wildman–Crippen MR) is 127 cm³/mol. The van der Waals surface area contributed by atoms with Crippen LogP contribution in [0.3, 0.4) is 0 Å². The molecule has 0 heterocycles. The van der Waals surface area contributed by atoms with Crippen LogP contribution in [0.15, 0.2) is 81.4 Å². The second-order valence-corrected chi connectivity index (χ2v) is 10.2. The van der Waals surface area contributed by atoms with Crippen molar-refractivity contribution in [3.63, 3.8) is 0 Å². The van der Waals surface area contributed by atoms with Gasteiger partial charge in [0.05, 0.1) is 0 Å². The molecule has 4 rings (SSSR count). The molecule has 1 nitrogen and oxygen atoms in total.